The highest BCUT2D eigenvalue weighted by molar-refractivity contribution is 5.98. The molecule has 0 heterocycles. The second kappa shape index (κ2) is 6.52. The van der Waals surface area contributed by atoms with Gasteiger partial charge in [-0.05, 0) is 48.8 Å². The van der Waals surface area contributed by atoms with Crippen molar-refractivity contribution in [1.29, 1.82) is 0 Å². The van der Waals surface area contributed by atoms with Gasteiger partial charge in [-0.3, -0.25) is 4.79 Å². The van der Waals surface area contributed by atoms with E-state index in [1.165, 1.54) is 31.7 Å². The predicted octanol–water partition coefficient (Wildman–Crippen LogP) is 4.23. The molecule has 7 heteroatoms. The van der Waals surface area contributed by atoms with Crippen molar-refractivity contribution < 1.29 is 23.0 Å². The summed E-state index contributed by atoms with van der Waals surface area (Å²) in [6.45, 7) is 3.78. The first-order valence-corrected chi connectivity index (χ1v) is 8.69. The molecule has 0 radical (unpaired) electrons. The summed E-state index contributed by atoms with van der Waals surface area (Å²) in [6.07, 6.45) is 3.17. The molecule has 26 heavy (non-hydrogen) atoms. The molecule has 2 bridgehead atoms. The Balaban J connectivity index is 1.75. The summed E-state index contributed by atoms with van der Waals surface area (Å²) in [5.74, 6) is 0.129. The van der Waals surface area contributed by atoms with Crippen LogP contribution in [0.3, 0.4) is 0 Å². The second-order valence-electron chi connectivity index (χ2n) is 7.74. The fourth-order valence-electron chi connectivity index (χ4n) is 4.28. The monoisotopic (exact) mass is 366 g/mol. The molecule has 5 nitrogen and oxygen atoms in total. The molecular weight excluding hydrogens is 342 g/mol. The molecule has 2 saturated carbocycles. The maximum atomic E-state index is 12.4. The van der Waals surface area contributed by atoms with Crippen molar-refractivity contribution in [2.75, 3.05) is 7.11 Å². The van der Waals surface area contributed by atoms with Gasteiger partial charge in [0.1, 0.15) is 0 Å². The molecule has 2 atom stereocenters. The largest absolute Gasteiger partial charge is 0.493 e. The van der Waals surface area contributed by atoms with E-state index in [-0.39, 0.29) is 27.9 Å². The second-order valence-corrected chi connectivity index (χ2v) is 7.74. The number of fused-ring (bicyclic) bond motifs is 2. The fourth-order valence-corrected chi connectivity index (χ4v) is 4.28. The number of amides is 1. The van der Waals surface area contributed by atoms with E-state index >= 15 is 0 Å². The molecule has 0 aromatic heterocycles. The summed E-state index contributed by atoms with van der Waals surface area (Å²) < 4.78 is 34.2. The number of ether oxygens (including phenoxy) is 2. The molecular formula is C19H24F2N2O3. The van der Waals surface area contributed by atoms with E-state index in [1.807, 2.05) is 0 Å². The quantitative estimate of drug-likeness (QED) is 0.794. The van der Waals surface area contributed by atoms with Gasteiger partial charge in [0.2, 0.25) is 0 Å². The fraction of sp³-hybridized carbons (Fsp3) is 0.579. The van der Waals surface area contributed by atoms with Crippen LogP contribution in [0, 0.1) is 16.7 Å². The normalized spacial score (nSPS) is 27.8. The van der Waals surface area contributed by atoms with Crippen molar-refractivity contribution in [2.45, 2.75) is 46.6 Å². The van der Waals surface area contributed by atoms with E-state index in [0.29, 0.717) is 5.92 Å². The third kappa shape index (κ3) is 2.93. The number of nitrogens with one attached hydrogen (secondary N) is 1. The van der Waals surface area contributed by atoms with Crippen molar-refractivity contribution in [3.8, 4) is 11.5 Å². The lowest BCUT2D eigenvalue weighted by molar-refractivity contribution is -0.0512. The van der Waals surface area contributed by atoms with Crippen LogP contribution in [0.2, 0.25) is 0 Å². The minimum Gasteiger partial charge on any atom is -0.493 e. The first-order valence-electron chi connectivity index (χ1n) is 8.69. The number of halogens is 2. The molecule has 2 aliphatic rings. The lowest BCUT2D eigenvalue weighted by Gasteiger charge is -2.34. The van der Waals surface area contributed by atoms with Gasteiger partial charge in [0.05, 0.1) is 7.11 Å². The maximum absolute atomic E-state index is 12.4. The van der Waals surface area contributed by atoms with Gasteiger partial charge in [-0.25, -0.2) is 5.43 Å². The van der Waals surface area contributed by atoms with Crippen molar-refractivity contribution in [2.24, 2.45) is 21.8 Å². The lowest BCUT2D eigenvalue weighted by Crippen LogP contribution is -2.34. The summed E-state index contributed by atoms with van der Waals surface area (Å²) in [4.78, 5) is 12.4. The van der Waals surface area contributed by atoms with Gasteiger partial charge in [-0.15, -0.1) is 0 Å². The summed E-state index contributed by atoms with van der Waals surface area (Å²) in [5, 5.41) is 4.40. The van der Waals surface area contributed by atoms with E-state index < -0.39 is 12.5 Å². The minimum atomic E-state index is -2.96. The Morgan fingerprint density at radius 1 is 1.31 bits per heavy atom. The van der Waals surface area contributed by atoms with Gasteiger partial charge in [0.15, 0.2) is 11.5 Å². The van der Waals surface area contributed by atoms with Crippen LogP contribution in [0.5, 0.6) is 11.5 Å². The Morgan fingerprint density at radius 2 is 2.04 bits per heavy atom. The zero-order valence-corrected chi connectivity index (χ0v) is 15.4. The number of methoxy groups -OCH3 is 1. The van der Waals surface area contributed by atoms with Crippen molar-refractivity contribution in [3.63, 3.8) is 0 Å². The van der Waals surface area contributed by atoms with E-state index in [1.54, 1.807) is 0 Å². The van der Waals surface area contributed by atoms with Crippen LogP contribution in [0.25, 0.3) is 0 Å². The van der Waals surface area contributed by atoms with Gasteiger partial charge < -0.3 is 9.47 Å². The molecule has 1 aromatic carbocycles. The number of rotatable bonds is 5. The van der Waals surface area contributed by atoms with Gasteiger partial charge in [0, 0.05) is 16.7 Å². The summed E-state index contributed by atoms with van der Waals surface area (Å²) in [6, 6.07) is 4.05. The zero-order chi connectivity index (χ0) is 19.1. The molecule has 0 saturated heterocycles. The molecule has 2 fully saturated rings. The Morgan fingerprint density at radius 3 is 2.58 bits per heavy atom. The molecule has 1 N–H and O–H groups in total. The van der Waals surface area contributed by atoms with Crippen LogP contribution in [0.1, 0.15) is 50.4 Å². The number of hydrazone groups is 1. The minimum absolute atomic E-state index is 0.00238. The van der Waals surface area contributed by atoms with Crippen LogP contribution in [-0.2, 0) is 0 Å². The Labute approximate surface area is 151 Å². The lowest BCUT2D eigenvalue weighted by atomic mass is 9.70. The zero-order valence-electron chi connectivity index (χ0n) is 15.4. The molecule has 0 aliphatic heterocycles. The molecule has 0 spiro atoms. The number of nitrogens with zero attached hydrogens (tertiary/aromatic N) is 1. The smallest absolute Gasteiger partial charge is 0.387 e. The number of carbonyl (C=O) groups is 1. The number of carbonyl (C=O) groups excluding carboxylic acids is 1. The Bertz CT molecular complexity index is 748. The average molecular weight is 366 g/mol. The SMILES string of the molecule is COc1cc(C(=O)N/N=C2/C[C@@H]3CC[C@]2(C)C3(C)C)ccc1OC(F)F. The van der Waals surface area contributed by atoms with Gasteiger partial charge in [0.25, 0.3) is 5.91 Å². The number of hydrogen-bond donors (Lipinski definition) is 1. The summed E-state index contributed by atoms with van der Waals surface area (Å²) >= 11 is 0. The van der Waals surface area contributed by atoms with Crippen LogP contribution in [0.15, 0.2) is 23.3 Å². The van der Waals surface area contributed by atoms with Crippen molar-refractivity contribution in [1.82, 2.24) is 5.43 Å². The molecule has 0 unspecified atom stereocenters. The third-order valence-corrected chi connectivity index (χ3v) is 6.45. The van der Waals surface area contributed by atoms with Gasteiger partial charge in [-0.1, -0.05) is 20.8 Å². The highest BCUT2D eigenvalue weighted by Gasteiger charge is 2.60. The van der Waals surface area contributed by atoms with Crippen LogP contribution < -0.4 is 14.9 Å². The summed E-state index contributed by atoms with van der Waals surface area (Å²) in [5.41, 5.74) is 4.07. The standard InChI is InChI=1S/C19H24F2N2O3/c1-18(2)12-7-8-19(18,3)15(10-12)22-23-16(24)11-5-6-13(26-17(20)21)14(9-11)25-4/h5-6,9,12,17H,7-8,10H2,1-4H3,(H,23,24)/b22-15-/t12-,19-/m0/s1. The highest BCUT2D eigenvalue weighted by Crippen LogP contribution is 2.63. The average Bonchev–Trinajstić information content (AvgIpc) is 2.92. The topological polar surface area (TPSA) is 59.9 Å². The van der Waals surface area contributed by atoms with Crippen LogP contribution >= 0.6 is 0 Å². The van der Waals surface area contributed by atoms with E-state index in [2.05, 4.69) is 36.0 Å². The summed E-state index contributed by atoms with van der Waals surface area (Å²) in [7, 11) is 1.33. The molecule has 1 aromatic rings. The Hall–Kier alpha value is -2.18. The van der Waals surface area contributed by atoms with E-state index in [9.17, 15) is 13.6 Å². The number of alkyl halides is 2. The first-order chi connectivity index (χ1) is 12.2. The van der Waals surface area contributed by atoms with E-state index in [4.69, 9.17) is 4.74 Å². The number of benzene rings is 1. The van der Waals surface area contributed by atoms with Gasteiger partial charge >= 0.3 is 6.61 Å². The number of hydrogen-bond acceptors (Lipinski definition) is 4. The van der Waals surface area contributed by atoms with Crippen LogP contribution in [-0.4, -0.2) is 25.3 Å². The van der Waals surface area contributed by atoms with Crippen LogP contribution in [0.4, 0.5) is 8.78 Å². The predicted molar refractivity (Wildman–Crippen MR) is 93.8 cm³/mol. The molecule has 2 aliphatic carbocycles. The maximum Gasteiger partial charge on any atom is 0.387 e. The molecule has 3 rings (SSSR count). The van der Waals surface area contributed by atoms with Gasteiger partial charge in [-0.2, -0.15) is 13.9 Å². The Kier molecular flexibility index (Phi) is 4.67. The van der Waals surface area contributed by atoms with E-state index in [0.717, 1.165) is 18.6 Å². The molecule has 1 amide bonds. The van der Waals surface area contributed by atoms with Crippen molar-refractivity contribution >= 4 is 11.6 Å². The molecule has 142 valence electrons. The third-order valence-electron chi connectivity index (χ3n) is 6.45. The van der Waals surface area contributed by atoms with Crippen molar-refractivity contribution in [3.05, 3.63) is 23.8 Å². The first kappa shape index (κ1) is 18.6. The highest BCUT2D eigenvalue weighted by atomic mass is 19.3.